The first-order valence-corrected chi connectivity index (χ1v) is 10.5. The van der Waals surface area contributed by atoms with Gasteiger partial charge >= 0.3 is 0 Å². The standard InChI is InChI=1S/C25H24FN3O3/c1-15-10-18(21(26)23(31)22(15)30)24-28-19-9-8-16(12-27-17-6-4-3-5-7-17)11-20(19)29(24)25(2)13-32-14-25/h3-11,27,30-31H,12-14H2,1-2H3. The van der Waals surface area contributed by atoms with Crippen molar-refractivity contribution < 1.29 is 19.3 Å². The smallest absolute Gasteiger partial charge is 0.195 e. The second-order valence-electron chi connectivity index (χ2n) is 8.56. The number of anilines is 1. The fraction of sp³-hybridized carbons (Fsp3) is 0.240. The molecule has 0 atom stereocenters. The molecular formula is C25H24FN3O3. The van der Waals surface area contributed by atoms with Crippen LogP contribution in [0, 0.1) is 12.7 Å². The highest BCUT2D eigenvalue weighted by molar-refractivity contribution is 5.83. The quantitative estimate of drug-likeness (QED) is 0.390. The van der Waals surface area contributed by atoms with E-state index in [0.717, 1.165) is 22.3 Å². The number of hydrogen-bond donors (Lipinski definition) is 3. The Labute approximate surface area is 184 Å². The lowest BCUT2D eigenvalue weighted by Gasteiger charge is -2.41. The van der Waals surface area contributed by atoms with Gasteiger partial charge in [0.2, 0.25) is 0 Å². The molecule has 0 saturated carbocycles. The van der Waals surface area contributed by atoms with Crippen molar-refractivity contribution in [1.82, 2.24) is 9.55 Å². The van der Waals surface area contributed by atoms with Gasteiger partial charge in [0.05, 0.1) is 35.3 Å². The van der Waals surface area contributed by atoms with Gasteiger partial charge in [-0.2, -0.15) is 0 Å². The maximum Gasteiger partial charge on any atom is 0.195 e. The number of para-hydroxylation sites is 1. The van der Waals surface area contributed by atoms with Crippen LogP contribution < -0.4 is 5.32 Å². The number of phenolic OH excluding ortho intramolecular Hbond substituents is 2. The van der Waals surface area contributed by atoms with Crippen LogP contribution >= 0.6 is 0 Å². The number of imidazole rings is 1. The highest BCUT2D eigenvalue weighted by Gasteiger charge is 2.39. The summed E-state index contributed by atoms with van der Waals surface area (Å²) in [6, 6.07) is 17.4. The number of benzene rings is 3. The molecule has 0 aliphatic carbocycles. The third-order valence-electron chi connectivity index (χ3n) is 6.00. The van der Waals surface area contributed by atoms with Crippen molar-refractivity contribution >= 4 is 16.7 Å². The Bertz CT molecular complexity index is 1310. The average Bonchev–Trinajstić information content (AvgIpc) is 3.16. The molecular weight excluding hydrogens is 409 g/mol. The van der Waals surface area contributed by atoms with E-state index in [4.69, 9.17) is 9.72 Å². The van der Waals surface area contributed by atoms with Crippen LogP contribution in [0.4, 0.5) is 10.1 Å². The van der Waals surface area contributed by atoms with Crippen LogP contribution in [0.15, 0.2) is 54.6 Å². The number of fused-ring (bicyclic) bond motifs is 1. The normalized spacial score (nSPS) is 15.0. The second kappa shape index (κ2) is 7.53. The Morgan fingerprint density at radius 1 is 1.09 bits per heavy atom. The van der Waals surface area contributed by atoms with Gasteiger partial charge < -0.3 is 24.8 Å². The molecule has 3 N–H and O–H groups in total. The van der Waals surface area contributed by atoms with Crippen LogP contribution in [-0.4, -0.2) is 33.0 Å². The topological polar surface area (TPSA) is 79.5 Å². The lowest BCUT2D eigenvalue weighted by molar-refractivity contribution is -0.0868. The van der Waals surface area contributed by atoms with E-state index in [1.54, 1.807) is 6.92 Å². The Morgan fingerprint density at radius 2 is 1.84 bits per heavy atom. The van der Waals surface area contributed by atoms with Gasteiger partial charge in [-0.3, -0.25) is 0 Å². The Balaban J connectivity index is 1.64. The minimum absolute atomic E-state index is 0.145. The monoisotopic (exact) mass is 433 g/mol. The van der Waals surface area contributed by atoms with E-state index >= 15 is 4.39 Å². The van der Waals surface area contributed by atoms with Crippen LogP contribution in [0.5, 0.6) is 11.5 Å². The summed E-state index contributed by atoms with van der Waals surface area (Å²) < 4.78 is 22.5. The van der Waals surface area contributed by atoms with Gasteiger partial charge in [-0.05, 0) is 55.3 Å². The van der Waals surface area contributed by atoms with Crippen molar-refractivity contribution in [2.24, 2.45) is 0 Å². The minimum Gasteiger partial charge on any atom is -0.504 e. The van der Waals surface area contributed by atoms with Crippen LogP contribution in [0.3, 0.4) is 0 Å². The number of phenols is 2. The van der Waals surface area contributed by atoms with Crippen LogP contribution in [0.2, 0.25) is 0 Å². The summed E-state index contributed by atoms with van der Waals surface area (Å²) in [6.07, 6.45) is 0. The van der Waals surface area contributed by atoms with Gasteiger partial charge in [-0.15, -0.1) is 0 Å². The van der Waals surface area contributed by atoms with E-state index in [0.29, 0.717) is 31.1 Å². The van der Waals surface area contributed by atoms with Crippen molar-refractivity contribution in [2.45, 2.75) is 25.9 Å². The predicted molar refractivity (Wildman–Crippen MR) is 121 cm³/mol. The molecule has 4 aromatic rings. The molecule has 5 rings (SSSR count). The summed E-state index contributed by atoms with van der Waals surface area (Å²) in [5, 5.41) is 23.4. The first-order chi connectivity index (χ1) is 15.4. The fourth-order valence-corrected chi connectivity index (χ4v) is 4.17. The molecule has 6 nitrogen and oxygen atoms in total. The molecule has 0 amide bonds. The zero-order valence-corrected chi connectivity index (χ0v) is 17.9. The van der Waals surface area contributed by atoms with Gasteiger partial charge in [-0.1, -0.05) is 24.3 Å². The molecule has 32 heavy (non-hydrogen) atoms. The van der Waals surface area contributed by atoms with Crippen molar-refractivity contribution in [3.63, 3.8) is 0 Å². The van der Waals surface area contributed by atoms with Gasteiger partial charge in [0.1, 0.15) is 5.82 Å². The zero-order valence-electron chi connectivity index (χ0n) is 17.9. The first-order valence-electron chi connectivity index (χ1n) is 10.5. The third-order valence-corrected chi connectivity index (χ3v) is 6.00. The molecule has 0 bridgehead atoms. The Hall–Kier alpha value is -3.58. The highest BCUT2D eigenvalue weighted by Crippen LogP contribution is 2.41. The fourth-order valence-electron chi connectivity index (χ4n) is 4.17. The molecule has 1 saturated heterocycles. The summed E-state index contributed by atoms with van der Waals surface area (Å²) in [5.41, 5.74) is 3.79. The highest BCUT2D eigenvalue weighted by atomic mass is 19.1. The van der Waals surface area contributed by atoms with Crippen LogP contribution in [-0.2, 0) is 16.8 Å². The summed E-state index contributed by atoms with van der Waals surface area (Å²) in [6.45, 7) is 5.24. The van der Waals surface area contributed by atoms with Crippen molar-refractivity contribution in [3.8, 4) is 22.9 Å². The van der Waals surface area contributed by atoms with Gasteiger partial charge in [0.25, 0.3) is 0 Å². The number of hydrogen-bond acceptors (Lipinski definition) is 5. The number of rotatable bonds is 5. The van der Waals surface area contributed by atoms with E-state index in [9.17, 15) is 10.2 Å². The van der Waals surface area contributed by atoms with E-state index in [1.165, 1.54) is 6.07 Å². The number of aromatic nitrogens is 2. The van der Waals surface area contributed by atoms with Gasteiger partial charge in [-0.25, -0.2) is 9.37 Å². The summed E-state index contributed by atoms with van der Waals surface area (Å²) in [5.74, 6) is -1.71. The minimum atomic E-state index is -0.889. The molecule has 1 aliphatic rings. The molecule has 0 spiro atoms. The van der Waals surface area contributed by atoms with Crippen molar-refractivity contribution in [3.05, 3.63) is 71.5 Å². The maximum atomic E-state index is 15.0. The lowest BCUT2D eigenvalue weighted by Crippen LogP contribution is -2.49. The molecule has 3 aromatic carbocycles. The van der Waals surface area contributed by atoms with Crippen molar-refractivity contribution in [1.29, 1.82) is 0 Å². The average molecular weight is 433 g/mol. The van der Waals surface area contributed by atoms with E-state index in [-0.39, 0.29) is 5.56 Å². The summed E-state index contributed by atoms with van der Waals surface area (Å²) >= 11 is 0. The van der Waals surface area contributed by atoms with E-state index < -0.39 is 22.9 Å². The van der Waals surface area contributed by atoms with Crippen LogP contribution in [0.25, 0.3) is 22.4 Å². The third kappa shape index (κ3) is 3.26. The van der Waals surface area contributed by atoms with Crippen molar-refractivity contribution in [2.75, 3.05) is 18.5 Å². The molecule has 0 unspecified atom stereocenters. The van der Waals surface area contributed by atoms with E-state index in [1.807, 2.05) is 54.0 Å². The number of aromatic hydroxyl groups is 2. The number of ether oxygens (including phenoxy) is 1. The SMILES string of the molecule is Cc1cc(-c2nc3ccc(CNc4ccccc4)cc3n2C2(C)COC2)c(F)c(O)c1O. The summed E-state index contributed by atoms with van der Waals surface area (Å²) in [7, 11) is 0. The molecule has 0 radical (unpaired) electrons. The number of halogens is 1. The Kier molecular flexibility index (Phi) is 4.78. The summed E-state index contributed by atoms with van der Waals surface area (Å²) in [4.78, 5) is 4.72. The van der Waals surface area contributed by atoms with Crippen LogP contribution in [0.1, 0.15) is 18.1 Å². The largest absolute Gasteiger partial charge is 0.504 e. The molecule has 1 fully saturated rings. The van der Waals surface area contributed by atoms with Gasteiger partial charge in [0.15, 0.2) is 17.3 Å². The molecule has 7 heteroatoms. The molecule has 164 valence electrons. The van der Waals surface area contributed by atoms with E-state index in [2.05, 4.69) is 11.4 Å². The van der Waals surface area contributed by atoms with Gasteiger partial charge in [0, 0.05) is 12.2 Å². The Morgan fingerprint density at radius 3 is 2.53 bits per heavy atom. The molecule has 2 heterocycles. The maximum absolute atomic E-state index is 15.0. The second-order valence-corrected chi connectivity index (χ2v) is 8.56. The lowest BCUT2D eigenvalue weighted by atomic mass is 9.98. The molecule has 1 aliphatic heterocycles. The first kappa shape index (κ1) is 20.3. The predicted octanol–water partition coefficient (Wildman–Crippen LogP) is 4.92. The number of nitrogens with one attached hydrogen (secondary N) is 1. The number of nitrogens with zero attached hydrogens (tertiary/aromatic N) is 2. The zero-order chi connectivity index (χ0) is 22.5. The molecule has 1 aromatic heterocycles. The number of aryl methyl sites for hydroxylation is 1.